The molecule has 1 rings (SSSR count). The second-order valence-corrected chi connectivity index (χ2v) is 6.53. The zero-order valence-corrected chi connectivity index (χ0v) is 12.1. The van der Waals surface area contributed by atoms with Crippen LogP contribution in [0.4, 0.5) is 0 Å². The monoisotopic (exact) mass is 296 g/mol. The summed E-state index contributed by atoms with van der Waals surface area (Å²) in [5.74, 6) is 0. The Balaban J connectivity index is 2.91. The molecule has 17 heavy (non-hydrogen) atoms. The maximum Gasteiger partial charge on any atom is 0.279 e. The van der Waals surface area contributed by atoms with Gasteiger partial charge in [0.1, 0.15) is 0 Å². The fraction of sp³-hybridized carbons (Fsp3) is 0.400. The van der Waals surface area contributed by atoms with E-state index in [1.54, 1.807) is 25.1 Å². The van der Waals surface area contributed by atoms with E-state index in [2.05, 4.69) is 4.72 Å². The highest BCUT2D eigenvalue weighted by molar-refractivity contribution is 7.87. The SMILES string of the molecule is CC(NS(=O)(=O)N(C)C)c1ccc(Cl)c(Cl)c1. The molecule has 1 atom stereocenters. The molecule has 0 spiro atoms. The van der Waals surface area contributed by atoms with E-state index in [9.17, 15) is 8.42 Å². The second kappa shape index (κ2) is 5.54. The third-order valence-corrected chi connectivity index (χ3v) is 4.60. The molecule has 0 aliphatic heterocycles. The molecule has 7 heteroatoms. The topological polar surface area (TPSA) is 49.4 Å². The predicted molar refractivity (Wildman–Crippen MR) is 70.6 cm³/mol. The number of nitrogens with zero attached hydrogens (tertiary/aromatic N) is 1. The van der Waals surface area contributed by atoms with E-state index < -0.39 is 10.2 Å². The molecule has 96 valence electrons. The van der Waals surface area contributed by atoms with Crippen LogP contribution >= 0.6 is 23.2 Å². The smallest absolute Gasteiger partial charge is 0.195 e. The van der Waals surface area contributed by atoms with Gasteiger partial charge in [-0.25, -0.2) is 0 Å². The van der Waals surface area contributed by atoms with Crippen molar-refractivity contribution >= 4 is 33.4 Å². The highest BCUT2D eigenvalue weighted by Gasteiger charge is 2.18. The highest BCUT2D eigenvalue weighted by atomic mass is 35.5. The zero-order chi connectivity index (χ0) is 13.2. The van der Waals surface area contributed by atoms with Crippen molar-refractivity contribution in [3.8, 4) is 0 Å². The Hall–Kier alpha value is -0.330. The molecule has 1 unspecified atom stereocenters. The van der Waals surface area contributed by atoms with Gasteiger partial charge in [-0.1, -0.05) is 29.3 Å². The maximum atomic E-state index is 11.6. The predicted octanol–water partition coefficient (Wildman–Crippen LogP) is 2.45. The fourth-order valence-electron chi connectivity index (χ4n) is 1.18. The molecule has 0 saturated heterocycles. The molecule has 0 saturated carbocycles. The van der Waals surface area contributed by atoms with E-state index in [-0.39, 0.29) is 6.04 Å². The van der Waals surface area contributed by atoms with Gasteiger partial charge in [0.25, 0.3) is 10.2 Å². The first-order valence-corrected chi connectivity index (χ1v) is 7.08. The Morgan fingerprint density at radius 1 is 1.24 bits per heavy atom. The van der Waals surface area contributed by atoms with Gasteiger partial charge in [0, 0.05) is 20.1 Å². The molecule has 1 N–H and O–H groups in total. The quantitative estimate of drug-likeness (QED) is 0.928. The molecule has 0 heterocycles. The largest absolute Gasteiger partial charge is 0.279 e. The van der Waals surface area contributed by atoms with Gasteiger partial charge in [-0.3, -0.25) is 0 Å². The van der Waals surface area contributed by atoms with E-state index in [1.165, 1.54) is 14.1 Å². The first kappa shape index (κ1) is 14.7. The Bertz CT molecular complexity index is 503. The Kier molecular flexibility index (Phi) is 4.80. The Morgan fingerprint density at radius 2 is 1.82 bits per heavy atom. The van der Waals surface area contributed by atoms with Crippen LogP contribution in [0.5, 0.6) is 0 Å². The van der Waals surface area contributed by atoms with Gasteiger partial charge in [0.15, 0.2) is 0 Å². The zero-order valence-electron chi connectivity index (χ0n) is 9.74. The van der Waals surface area contributed by atoms with Crippen LogP contribution < -0.4 is 4.72 Å². The number of halogens is 2. The Morgan fingerprint density at radius 3 is 2.29 bits per heavy atom. The normalized spacial score (nSPS) is 14.0. The summed E-state index contributed by atoms with van der Waals surface area (Å²) in [6.45, 7) is 1.74. The van der Waals surface area contributed by atoms with Crippen molar-refractivity contribution in [3.63, 3.8) is 0 Å². The van der Waals surface area contributed by atoms with Crippen molar-refractivity contribution < 1.29 is 8.42 Å². The number of hydrogen-bond donors (Lipinski definition) is 1. The molecule has 0 aliphatic rings. The molecule has 0 radical (unpaired) electrons. The summed E-state index contributed by atoms with van der Waals surface area (Å²) in [6, 6.07) is 4.64. The van der Waals surface area contributed by atoms with Crippen LogP contribution in [-0.2, 0) is 10.2 Å². The molecule has 0 fully saturated rings. The van der Waals surface area contributed by atoms with E-state index >= 15 is 0 Å². The lowest BCUT2D eigenvalue weighted by Crippen LogP contribution is -2.37. The average molecular weight is 297 g/mol. The van der Waals surface area contributed by atoms with Gasteiger partial charge in [-0.15, -0.1) is 0 Å². The molecular formula is C10H14Cl2N2O2S. The number of benzene rings is 1. The van der Waals surface area contributed by atoms with Gasteiger partial charge in [0.2, 0.25) is 0 Å². The summed E-state index contributed by atoms with van der Waals surface area (Å²) < 4.78 is 26.9. The van der Waals surface area contributed by atoms with E-state index in [0.29, 0.717) is 10.0 Å². The van der Waals surface area contributed by atoms with Crippen molar-refractivity contribution in [3.05, 3.63) is 33.8 Å². The molecule has 0 aliphatic carbocycles. The van der Waals surface area contributed by atoms with Gasteiger partial charge in [-0.05, 0) is 24.6 Å². The van der Waals surface area contributed by atoms with Gasteiger partial charge >= 0.3 is 0 Å². The lowest BCUT2D eigenvalue weighted by molar-refractivity contribution is 0.494. The lowest BCUT2D eigenvalue weighted by atomic mass is 10.1. The standard InChI is InChI=1S/C10H14Cl2N2O2S/c1-7(13-17(15,16)14(2)3)8-4-5-9(11)10(12)6-8/h4-7,13H,1-3H3. The third-order valence-electron chi connectivity index (χ3n) is 2.25. The lowest BCUT2D eigenvalue weighted by Gasteiger charge is -2.18. The maximum absolute atomic E-state index is 11.6. The summed E-state index contributed by atoms with van der Waals surface area (Å²) in [5, 5.41) is 0.846. The van der Waals surface area contributed by atoms with Crippen molar-refractivity contribution in [2.45, 2.75) is 13.0 Å². The molecule has 1 aromatic rings. The summed E-state index contributed by atoms with van der Waals surface area (Å²) in [6.07, 6.45) is 0. The van der Waals surface area contributed by atoms with Crippen LogP contribution in [-0.4, -0.2) is 26.8 Å². The van der Waals surface area contributed by atoms with Gasteiger partial charge in [0.05, 0.1) is 10.0 Å². The van der Waals surface area contributed by atoms with Crippen molar-refractivity contribution in [1.29, 1.82) is 0 Å². The fourth-order valence-corrected chi connectivity index (χ4v) is 2.28. The van der Waals surface area contributed by atoms with Crippen molar-refractivity contribution in [2.24, 2.45) is 0 Å². The van der Waals surface area contributed by atoms with Gasteiger partial charge < -0.3 is 0 Å². The first-order chi connectivity index (χ1) is 7.74. The summed E-state index contributed by atoms with van der Waals surface area (Å²) in [5.41, 5.74) is 0.754. The summed E-state index contributed by atoms with van der Waals surface area (Å²) in [7, 11) is -0.537. The number of hydrogen-bond acceptors (Lipinski definition) is 2. The molecule has 0 bridgehead atoms. The van der Waals surface area contributed by atoms with Crippen LogP contribution in [0.2, 0.25) is 10.0 Å². The summed E-state index contributed by atoms with van der Waals surface area (Å²) >= 11 is 11.7. The molecule has 4 nitrogen and oxygen atoms in total. The molecule has 0 amide bonds. The minimum Gasteiger partial charge on any atom is -0.195 e. The molecular weight excluding hydrogens is 283 g/mol. The van der Waals surface area contributed by atoms with Crippen LogP contribution in [0.3, 0.4) is 0 Å². The van der Waals surface area contributed by atoms with E-state index in [4.69, 9.17) is 23.2 Å². The third kappa shape index (κ3) is 3.82. The minimum absolute atomic E-state index is 0.378. The van der Waals surface area contributed by atoms with Crippen molar-refractivity contribution in [2.75, 3.05) is 14.1 Å². The second-order valence-electron chi connectivity index (χ2n) is 3.80. The van der Waals surface area contributed by atoms with Crippen LogP contribution in [0.25, 0.3) is 0 Å². The first-order valence-electron chi connectivity index (χ1n) is 4.89. The van der Waals surface area contributed by atoms with E-state index in [0.717, 1.165) is 9.87 Å². The summed E-state index contributed by atoms with van der Waals surface area (Å²) in [4.78, 5) is 0. The minimum atomic E-state index is -3.46. The van der Waals surface area contributed by atoms with Crippen LogP contribution in [0.1, 0.15) is 18.5 Å². The van der Waals surface area contributed by atoms with Crippen molar-refractivity contribution in [1.82, 2.24) is 9.03 Å². The Labute approximate surface area is 112 Å². The molecule has 1 aromatic carbocycles. The molecule has 0 aromatic heterocycles. The number of rotatable bonds is 4. The highest BCUT2D eigenvalue weighted by Crippen LogP contribution is 2.25. The van der Waals surface area contributed by atoms with Crippen LogP contribution in [0, 0.1) is 0 Å². The number of nitrogens with one attached hydrogen (secondary N) is 1. The van der Waals surface area contributed by atoms with Crippen LogP contribution in [0.15, 0.2) is 18.2 Å². The van der Waals surface area contributed by atoms with Gasteiger partial charge in [-0.2, -0.15) is 17.4 Å². The average Bonchev–Trinajstić information content (AvgIpc) is 2.21. The van der Waals surface area contributed by atoms with E-state index in [1.807, 2.05) is 0 Å².